The SMILES string of the molecule is CCNCc1ccc(OCc2cncc(C)c2)c(OC)c1. The number of benzene rings is 1. The lowest BCUT2D eigenvalue weighted by molar-refractivity contribution is 0.284. The number of ether oxygens (including phenoxy) is 2. The van der Waals surface area contributed by atoms with E-state index in [9.17, 15) is 0 Å². The normalized spacial score (nSPS) is 10.4. The molecule has 21 heavy (non-hydrogen) atoms. The van der Waals surface area contributed by atoms with Crippen molar-refractivity contribution in [1.29, 1.82) is 0 Å². The number of aryl methyl sites for hydroxylation is 1. The number of pyridine rings is 1. The van der Waals surface area contributed by atoms with Crippen LogP contribution < -0.4 is 14.8 Å². The van der Waals surface area contributed by atoms with E-state index in [1.165, 1.54) is 5.56 Å². The van der Waals surface area contributed by atoms with Gasteiger partial charge in [-0.25, -0.2) is 0 Å². The van der Waals surface area contributed by atoms with Crippen LogP contribution in [-0.4, -0.2) is 18.6 Å². The summed E-state index contributed by atoms with van der Waals surface area (Å²) in [7, 11) is 1.66. The first-order valence-corrected chi connectivity index (χ1v) is 7.14. The Bertz CT molecular complexity index is 585. The van der Waals surface area contributed by atoms with Crippen molar-refractivity contribution in [2.45, 2.75) is 27.0 Å². The summed E-state index contributed by atoms with van der Waals surface area (Å²) in [6, 6.07) is 8.08. The van der Waals surface area contributed by atoms with Gasteiger partial charge in [0.1, 0.15) is 6.61 Å². The standard InChI is InChI=1S/C17H22N2O2/c1-4-18-10-14-5-6-16(17(8-14)20-3)21-12-15-7-13(2)9-19-11-15/h5-9,11,18H,4,10,12H2,1-3H3. The molecule has 0 unspecified atom stereocenters. The fraction of sp³-hybridized carbons (Fsp3) is 0.353. The maximum Gasteiger partial charge on any atom is 0.161 e. The third-order valence-electron chi connectivity index (χ3n) is 3.13. The number of aromatic nitrogens is 1. The van der Waals surface area contributed by atoms with Gasteiger partial charge in [0.25, 0.3) is 0 Å². The highest BCUT2D eigenvalue weighted by Crippen LogP contribution is 2.28. The summed E-state index contributed by atoms with van der Waals surface area (Å²) in [5.74, 6) is 1.50. The van der Waals surface area contributed by atoms with Crippen molar-refractivity contribution < 1.29 is 9.47 Å². The van der Waals surface area contributed by atoms with Gasteiger partial charge >= 0.3 is 0 Å². The smallest absolute Gasteiger partial charge is 0.161 e. The second-order valence-corrected chi connectivity index (χ2v) is 4.92. The molecule has 0 amide bonds. The van der Waals surface area contributed by atoms with Crippen molar-refractivity contribution in [3.63, 3.8) is 0 Å². The van der Waals surface area contributed by atoms with Crippen LogP contribution in [0.5, 0.6) is 11.5 Å². The van der Waals surface area contributed by atoms with E-state index >= 15 is 0 Å². The van der Waals surface area contributed by atoms with Crippen LogP contribution in [-0.2, 0) is 13.2 Å². The van der Waals surface area contributed by atoms with Gasteiger partial charge in [-0.1, -0.05) is 13.0 Å². The molecule has 0 saturated heterocycles. The predicted octanol–water partition coefficient (Wildman–Crippen LogP) is 3.09. The lowest BCUT2D eigenvalue weighted by Crippen LogP contribution is -2.11. The highest BCUT2D eigenvalue weighted by molar-refractivity contribution is 5.43. The summed E-state index contributed by atoms with van der Waals surface area (Å²) < 4.78 is 11.3. The monoisotopic (exact) mass is 286 g/mol. The Balaban J connectivity index is 2.05. The van der Waals surface area contributed by atoms with Gasteiger partial charge in [0.15, 0.2) is 11.5 Å². The van der Waals surface area contributed by atoms with Crippen LogP contribution in [0.4, 0.5) is 0 Å². The van der Waals surface area contributed by atoms with Gasteiger partial charge in [0, 0.05) is 24.5 Å². The van der Waals surface area contributed by atoms with E-state index in [4.69, 9.17) is 9.47 Å². The molecule has 0 spiro atoms. The average Bonchev–Trinajstić information content (AvgIpc) is 2.51. The number of nitrogens with one attached hydrogen (secondary N) is 1. The maximum atomic E-state index is 5.84. The molecule has 1 heterocycles. The minimum Gasteiger partial charge on any atom is -0.493 e. The maximum absolute atomic E-state index is 5.84. The second-order valence-electron chi connectivity index (χ2n) is 4.92. The Labute approximate surface area is 126 Å². The molecule has 0 saturated carbocycles. The van der Waals surface area contributed by atoms with Crippen molar-refractivity contribution >= 4 is 0 Å². The minimum atomic E-state index is 0.484. The molecule has 0 atom stereocenters. The molecule has 0 fully saturated rings. The second kappa shape index (κ2) is 7.64. The number of methoxy groups -OCH3 is 1. The molecule has 0 aliphatic heterocycles. The molecule has 0 radical (unpaired) electrons. The molecule has 1 aromatic carbocycles. The lowest BCUT2D eigenvalue weighted by atomic mass is 10.2. The van der Waals surface area contributed by atoms with E-state index in [0.717, 1.165) is 35.7 Å². The van der Waals surface area contributed by atoms with Gasteiger partial charge in [-0.05, 0) is 42.8 Å². The molecule has 0 aliphatic rings. The van der Waals surface area contributed by atoms with E-state index in [1.807, 2.05) is 31.5 Å². The molecule has 0 bridgehead atoms. The molecule has 1 N–H and O–H groups in total. The van der Waals surface area contributed by atoms with Crippen molar-refractivity contribution in [2.75, 3.05) is 13.7 Å². The topological polar surface area (TPSA) is 43.4 Å². The average molecular weight is 286 g/mol. The summed E-state index contributed by atoms with van der Waals surface area (Å²) in [4.78, 5) is 4.17. The van der Waals surface area contributed by atoms with Gasteiger partial charge < -0.3 is 14.8 Å². The molecule has 4 heteroatoms. The van der Waals surface area contributed by atoms with Gasteiger partial charge in [0.05, 0.1) is 7.11 Å². The Kier molecular flexibility index (Phi) is 5.58. The summed E-state index contributed by atoms with van der Waals surface area (Å²) in [5, 5.41) is 3.29. The summed E-state index contributed by atoms with van der Waals surface area (Å²) in [6.45, 7) is 6.37. The Morgan fingerprint density at radius 3 is 2.67 bits per heavy atom. The number of rotatable bonds is 7. The highest BCUT2D eigenvalue weighted by atomic mass is 16.5. The minimum absolute atomic E-state index is 0.484. The van der Waals surface area contributed by atoms with E-state index in [-0.39, 0.29) is 0 Å². The molecular formula is C17H22N2O2. The first-order valence-electron chi connectivity index (χ1n) is 7.14. The Hall–Kier alpha value is -2.07. The van der Waals surface area contributed by atoms with E-state index in [1.54, 1.807) is 7.11 Å². The van der Waals surface area contributed by atoms with Crippen LogP contribution in [0.25, 0.3) is 0 Å². The van der Waals surface area contributed by atoms with Crippen LogP contribution in [0.1, 0.15) is 23.6 Å². The fourth-order valence-electron chi connectivity index (χ4n) is 2.07. The summed E-state index contributed by atoms with van der Waals surface area (Å²) in [6.07, 6.45) is 3.65. The fourth-order valence-corrected chi connectivity index (χ4v) is 2.07. The Morgan fingerprint density at radius 2 is 1.95 bits per heavy atom. The molecule has 2 rings (SSSR count). The quantitative estimate of drug-likeness (QED) is 0.849. The van der Waals surface area contributed by atoms with Crippen LogP contribution in [0.2, 0.25) is 0 Å². The number of hydrogen-bond donors (Lipinski definition) is 1. The van der Waals surface area contributed by atoms with Crippen LogP contribution in [0.15, 0.2) is 36.7 Å². The van der Waals surface area contributed by atoms with Crippen LogP contribution >= 0.6 is 0 Å². The largest absolute Gasteiger partial charge is 0.493 e. The van der Waals surface area contributed by atoms with E-state index < -0.39 is 0 Å². The molecule has 2 aromatic rings. The van der Waals surface area contributed by atoms with Gasteiger partial charge in [-0.3, -0.25) is 4.98 Å². The van der Waals surface area contributed by atoms with Crippen molar-refractivity contribution in [3.8, 4) is 11.5 Å². The molecule has 4 nitrogen and oxygen atoms in total. The number of hydrogen-bond acceptors (Lipinski definition) is 4. The zero-order valence-electron chi connectivity index (χ0n) is 12.8. The summed E-state index contributed by atoms with van der Waals surface area (Å²) >= 11 is 0. The van der Waals surface area contributed by atoms with Crippen LogP contribution in [0, 0.1) is 6.92 Å². The molecule has 112 valence electrons. The van der Waals surface area contributed by atoms with Crippen molar-refractivity contribution in [2.24, 2.45) is 0 Å². The Morgan fingerprint density at radius 1 is 1.10 bits per heavy atom. The third kappa shape index (κ3) is 4.46. The van der Waals surface area contributed by atoms with Gasteiger partial charge in [0.2, 0.25) is 0 Å². The van der Waals surface area contributed by atoms with E-state index in [0.29, 0.717) is 6.61 Å². The third-order valence-corrected chi connectivity index (χ3v) is 3.13. The van der Waals surface area contributed by atoms with Crippen molar-refractivity contribution in [3.05, 3.63) is 53.3 Å². The molecular weight excluding hydrogens is 264 g/mol. The number of nitrogens with zero attached hydrogens (tertiary/aromatic N) is 1. The molecule has 1 aromatic heterocycles. The first kappa shape index (κ1) is 15.3. The molecule has 0 aliphatic carbocycles. The van der Waals surface area contributed by atoms with Crippen molar-refractivity contribution in [1.82, 2.24) is 10.3 Å². The first-order chi connectivity index (χ1) is 10.2. The lowest BCUT2D eigenvalue weighted by Gasteiger charge is -2.12. The highest BCUT2D eigenvalue weighted by Gasteiger charge is 2.06. The zero-order chi connectivity index (χ0) is 15.1. The van der Waals surface area contributed by atoms with Gasteiger partial charge in [-0.2, -0.15) is 0 Å². The predicted molar refractivity (Wildman–Crippen MR) is 83.7 cm³/mol. The summed E-state index contributed by atoms with van der Waals surface area (Å²) in [5.41, 5.74) is 3.36. The van der Waals surface area contributed by atoms with E-state index in [2.05, 4.69) is 29.4 Å². The van der Waals surface area contributed by atoms with Gasteiger partial charge in [-0.15, -0.1) is 0 Å². The van der Waals surface area contributed by atoms with Crippen LogP contribution in [0.3, 0.4) is 0 Å². The zero-order valence-corrected chi connectivity index (χ0v) is 12.8.